The molecule has 0 atom stereocenters. The molecule has 0 amide bonds. The van der Waals surface area contributed by atoms with Crippen LogP contribution in [0.25, 0.3) is 0 Å². The Balaban J connectivity index is 1.99. The molecule has 1 heterocycles. The minimum atomic E-state index is 0.516. The highest BCUT2D eigenvalue weighted by Crippen LogP contribution is 2.24. The van der Waals surface area contributed by atoms with Gasteiger partial charge < -0.3 is 10.1 Å². The molecule has 0 radical (unpaired) electrons. The molecule has 1 aromatic carbocycles. The lowest BCUT2D eigenvalue weighted by atomic mass is 10.2. The Morgan fingerprint density at radius 2 is 2.25 bits per heavy atom. The number of halogens is 1. The van der Waals surface area contributed by atoms with Crippen molar-refractivity contribution >= 4 is 27.3 Å². The van der Waals surface area contributed by atoms with Crippen LogP contribution in [-0.4, -0.2) is 11.5 Å². The largest absolute Gasteiger partial charge is 0.487 e. The Bertz CT molecular complexity index is 529. The number of nitrogens with zero attached hydrogens (tertiary/aromatic N) is 1. The standard InChI is InChI=1S/C15H19BrN2OS/c1-11(2)6-17-7-12-5-13(16)3-4-15(12)19-8-14-9-20-10-18-14/h3-5,9-11,17H,6-8H2,1-2H3. The lowest BCUT2D eigenvalue weighted by Crippen LogP contribution is -2.19. The van der Waals surface area contributed by atoms with Crippen molar-refractivity contribution in [1.82, 2.24) is 10.3 Å². The first kappa shape index (κ1) is 15.5. The van der Waals surface area contributed by atoms with E-state index in [0.717, 1.165) is 34.6 Å². The van der Waals surface area contributed by atoms with Crippen molar-refractivity contribution in [2.45, 2.75) is 27.0 Å². The molecule has 0 aliphatic carbocycles. The van der Waals surface area contributed by atoms with Gasteiger partial charge in [0.25, 0.3) is 0 Å². The van der Waals surface area contributed by atoms with Crippen LogP contribution >= 0.6 is 27.3 Å². The molecule has 1 aromatic heterocycles. The fraction of sp³-hybridized carbons (Fsp3) is 0.400. The summed E-state index contributed by atoms with van der Waals surface area (Å²) in [5, 5.41) is 5.46. The SMILES string of the molecule is CC(C)CNCc1cc(Br)ccc1OCc1cscn1. The predicted octanol–water partition coefficient (Wildman–Crippen LogP) is 4.23. The van der Waals surface area contributed by atoms with Crippen molar-refractivity contribution in [3.8, 4) is 5.75 Å². The van der Waals surface area contributed by atoms with E-state index in [0.29, 0.717) is 12.5 Å². The van der Waals surface area contributed by atoms with Gasteiger partial charge in [0.15, 0.2) is 0 Å². The number of rotatable bonds is 7. The van der Waals surface area contributed by atoms with Crippen LogP contribution in [0.4, 0.5) is 0 Å². The predicted molar refractivity (Wildman–Crippen MR) is 87.1 cm³/mol. The minimum absolute atomic E-state index is 0.516. The van der Waals surface area contributed by atoms with E-state index in [1.54, 1.807) is 11.3 Å². The van der Waals surface area contributed by atoms with Crippen LogP contribution in [0.5, 0.6) is 5.75 Å². The van der Waals surface area contributed by atoms with E-state index in [1.165, 1.54) is 0 Å². The third kappa shape index (κ3) is 4.89. The second-order valence-corrected chi connectivity index (χ2v) is 6.68. The molecule has 20 heavy (non-hydrogen) atoms. The van der Waals surface area contributed by atoms with E-state index in [-0.39, 0.29) is 0 Å². The number of nitrogens with one attached hydrogen (secondary N) is 1. The van der Waals surface area contributed by atoms with Crippen molar-refractivity contribution in [2.75, 3.05) is 6.54 Å². The smallest absolute Gasteiger partial charge is 0.131 e. The second-order valence-electron chi connectivity index (χ2n) is 5.05. The van der Waals surface area contributed by atoms with Gasteiger partial charge >= 0.3 is 0 Å². The molecule has 0 aliphatic rings. The van der Waals surface area contributed by atoms with E-state index < -0.39 is 0 Å². The maximum Gasteiger partial charge on any atom is 0.131 e. The maximum atomic E-state index is 5.88. The van der Waals surface area contributed by atoms with Gasteiger partial charge in [0, 0.05) is 22.0 Å². The Kier molecular flexibility index (Phi) is 6.01. The van der Waals surface area contributed by atoms with E-state index in [4.69, 9.17) is 4.74 Å². The summed E-state index contributed by atoms with van der Waals surface area (Å²) < 4.78 is 6.95. The molecule has 5 heteroatoms. The summed E-state index contributed by atoms with van der Waals surface area (Å²) in [5.74, 6) is 1.55. The normalized spacial score (nSPS) is 11.0. The van der Waals surface area contributed by atoms with Crippen molar-refractivity contribution in [3.05, 3.63) is 44.8 Å². The molecule has 1 N–H and O–H groups in total. The number of hydrogen-bond donors (Lipinski definition) is 1. The van der Waals surface area contributed by atoms with Crippen LogP contribution in [0.15, 0.2) is 33.6 Å². The number of thiazole rings is 1. The first-order chi connectivity index (χ1) is 9.65. The zero-order valence-corrected chi connectivity index (χ0v) is 14.1. The van der Waals surface area contributed by atoms with Gasteiger partial charge in [-0.1, -0.05) is 29.8 Å². The van der Waals surface area contributed by atoms with Gasteiger partial charge in [-0.25, -0.2) is 4.98 Å². The minimum Gasteiger partial charge on any atom is -0.487 e. The van der Waals surface area contributed by atoms with Crippen LogP contribution in [-0.2, 0) is 13.2 Å². The van der Waals surface area contributed by atoms with Gasteiger partial charge in [0.05, 0.1) is 11.2 Å². The first-order valence-corrected chi connectivity index (χ1v) is 8.37. The molecule has 2 aromatic rings. The molecule has 0 saturated heterocycles. The summed E-state index contributed by atoms with van der Waals surface area (Å²) in [6.45, 7) is 6.73. The molecule has 0 saturated carbocycles. The van der Waals surface area contributed by atoms with Crippen LogP contribution in [0, 0.1) is 5.92 Å². The Labute approximate surface area is 132 Å². The van der Waals surface area contributed by atoms with Gasteiger partial charge in [-0.05, 0) is 30.7 Å². The number of hydrogen-bond acceptors (Lipinski definition) is 4. The monoisotopic (exact) mass is 354 g/mol. The summed E-state index contributed by atoms with van der Waals surface area (Å²) in [6, 6.07) is 6.11. The lowest BCUT2D eigenvalue weighted by Gasteiger charge is -2.13. The molecule has 0 unspecified atom stereocenters. The lowest BCUT2D eigenvalue weighted by molar-refractivity contribution is 0.298. The van der Waals surface area contributed by atoms with Crippen LogP contribution in [0.3, 0.4) is 0 Å². The third-order valence-electron chi connectivity index (χ3n) is 2.75. The van der Waals surface area contributed by atoms with Crippen molar-refractivity contribution in [2.24, 2.45) is 5.92 Å². The quantitative estimate of drug-likeness (QED) is 0.807. The topological polar surface area (TPSA) is 34.1 Å². The van der Waals surface area contributed by atoms with Crippen LogP contribution < -0.4 is 10.1 Å². The average Bonchev–Trinajstić information content (AvgIpc) is 2.90. The fourth-order valence-corrected chi connectivity index (χ4v) is 2.73. The van der Waals surface area contributed by atoms with E-state index in [2.05, 4.69) is 46.1 Å². The van der Waals surface area contributed by atoms with Crippen molar-refractivity contribution in [1.29, 1.82) is 0 Å². The summed E-state index contributed by atoms with van der Waals surface area (Å²) in [4.78, 5) is 4.23. The molecule has 108 valence electrons. The van der Waals surface area contributed by atoms with Crippen molar-refractivity contribution < 1.29 is 4.74 Å². The fourth-order valence-electron chi connectivity index (χ4n) is 1.78. The summed E-state index contributed by atoms with van der Waals surface area (Å²) in [5.41, 5.74) is 3.96. The Hall–Kier alpha value is -0.910. The highest BCUT2D eigenvalue weighted by atomic mass is 79.9. The van der Waals surface area contributed by atoms with Gasteiger partial charge in [-0.15, -0.1) is 11.3 Å². The molecule has 0 aliphatic heterocycles. The molecular weight excluding hydrogens is 336 g/mol. The number of ether oxygens (including phenoxy) is 1. The van der Waals surface area contributed by atoms with Crippen molar-refractivity contribution in [3.63, 3.8) is 0 Å². The molecular formula is C15H19BrN2OS. The molecule has 2 rings (SSSR count). The first-order valence-electron chi connectivity index (χ1n) is 6.64. The molecule has 0 fully saturated rings. The zero-order chi connectivity index (χ0) is 14.4. The highest BCUT2D eigenvalue weighted by Gasteiger charge is 2.06. The molecule has 3 nitrogen and oxygen atoms in total. The van der Waals surface area contributed by atoms with Gasteiger partial charge in [-0.3, -0.25) is 0 Å². The van der Waals surface area contributed by atoms with E-state index in [9.17, 15) is 0 Å². The van der Waals surface area contributed by atoms with E-state index in [1.807, 2.05) is 23.0 Å². The summed E-state index contributed by atoms with van der Waals surface area (Å²) >= 11 is 5.10. The number of benzene rings is 1. The van der Waals surface area contributed by atoms with Crippen LogP contribution in [0.2, 0.25) is 0 Å². The maximum absolute atomic E-state index is 5.88. The van der Waals surface area contributed by atoms with Gasteiger partial charge in [0.2, 0.25) is 0 Å². The zero-order valence-electron chi connectivity index (χ0n) is 11.7. The summed E-state index contributed by atoms with van der Waals surface area (Å²) in [7, 11) is 0. The number of aromatic nitrogens is 1. The second kappa shape index (κ2) is 7.76. The Morgan fingerprint density at radius 1 is 1.40 bits per heavy atom. The molecule has 0 spiro atoms. The highest BCUT2D eigenvalue weighted by molar-refractivity contribution is 9.10. The van der Waals surface area contributed by atoms with Gasteiger partial charge in [0.1, 0.15) is 12.4 Å². The Morgan fingerprint density at radius 3 is 2.95 bits per heavy atom. The van der Waals surface area contributed by atoms with Gasteiger partial charge in [-0.2, -0.15) is 0 Å². The van der Waals surface area contributed by atoms with E-state index >= 15 is 0 Å². The average molecular weight is 355 g/mol. The van der Waals surface area contributed by atoms with Crippen LogP contribution in [0.1, 0.15) is 25.1 Å². The molecule has 0 bridgehead atoms. The third-order valence-corrected chi connectivity index (χ3v) is 3.88. The summed E-state index contributed by atoms with van der Waals surface area (Å²) in [6.07, 6.45) is 0.